The van der Waals surface area contributed by atoms with Crippen molar-refractivity contribution in [2.75, 3.05) is 31.1 Å². The fourth-order valence-electron chi connectivity index (χ4n) is 6.41. The minimum absolute atomic E-state index is 0.202. The molecule has 0 unspecified atom stereocenters. The zero-order valence-electron chi connectivity index (χ0n) is 21.0. The Balaban J connectivity index is 1.20. The standard InChI is InChI=1S/C28H35F3N4O/c1-19(2)27(9-7-23(18-27)33-24-15-20-5-3-4-6-21(20)16-24)26(36)35-13-11-34(12-14-35)25-17-22(8-10-32-25)28(29,30)31/h3-6,8,10,17,19,23-24,33H,7,9,11-16,18H2,1-2H3/t23-,27+/m0/s1. The number of aromatic nitrogens is 1. The van der Waals surface area contributed by atoms with Crippen LogP contribution in [0.4, 0.5) is 19.0 Å². The van der Waals surface area contributed by atoms with Gasteiger partial charge in [-0.15, -0.1) is 0 Å². The number of carbonyl (C=O) groups excluding carboxylic acids is 1. The van der Waals surface area contributed by atoms with Crippen molar-refractivity contribution in [1.82, 2.24) is 15.2 Å². The molecule has 1 aromatic heterocycles. The summed E-state index contributed by atoms with van der Waals surface area (Å²) in [5, 5.41) is 3.86. The maximum absolute atomic E-state index is 13.9. The smallest absolute Gasteiger partial charge is 0.353 e. The molecule has 3 aliphatic rings. The number of anilines is 1. The summed E-state index contributed by atoms with van der Waals surface area (Å²) < 4.78 is 39.4. The van der Waals surface area contributed by atoms with Crippen LogP contribution in [-0.2, 0) is 23.8 Å². The van der Waals surface area contributed by atoms with Gasteiger partial charge in [-0.2, -0.15) is 13.2 Å². The maximum Gasteiger partial charge on any atom is 0.416 e. The van der Waals surface area contributed by atoms with Crippen LogP contribution in [0.1, 0.15) is 49.8 Å². The summed E-state index contributed by atoms with van der Waals surface area (Å²) in [6.07, 6.45) is 1.60. The highest BCUT2D eigenvalue weighted by atomic mass is 19.4. The average molecular weight is 501 g/mol. The lowest BCUT2D eigenvalue weighted by Crippen LogP contribution is -2.54. The van der Waals surface area contributed by atoms with E-state index in [1.165, 1.54) is 17.3 Å². The number of benzene rings is 1. The predicted octanol–water partition coefficient (Wildman–Crippen LogP) is 4.70. The summed E-state index contributed by atoms with van der Waals surface area (Å²) in [7, 11) is 0. The summed E-state index contributed by atoms with van der Waals surface area (Å²) in [6, 6.07) is 11.5. The molecule has 1 aromatic carbocycles. The van der Waals surface area contributed by atoms with Crippen LogP contribution < -0.4 is 10.2 Å². The lowest BCUT2D eigenvalue weighted by molar-refractivity contribution is -0.145. The van der Waals surface area contributed by atoms with E-state index >= 15 is 0 Å². The molecule has 5 nitrogen and oxygen atoms in total. The Kier molecular flexibility index (Phi) is 6.74. The molecule has 0 bridgehead atoms. The van der Waals surface area contributed by atoms with E-state index in [1.54, 1.807) is 0 Å². The lowest BCUT2D eigenvalue weighted by Gasteiger charge is -2.42. The number of nitrogens with one attached hydrogen (secondary N) is 1. The Bertz CT molecular complexity index is 1070. The number of nitrogens with zero attached hydrogens (tertiary/aromatic N) is 3. The van der Waals surface area contributed by atoms with Crippen molar-refractivity contribution in [3.8, 4) is 0 Å². The second kappa shape index (κ2) is 9.69. The molecule has 2 aromatic rings. The third-order valence-corrected chi connectivity index (χ3v) is 8.57. The van der Waals surface area contributed by atoms with E-state index in [9.17, 15) is 18.0 Å². The molecule has 1 saturated carbocycles. The quantitative estimate of drug-likeness (QED) is 0.647. The monoisotopic (exact) mass is 500 g/mol. The number of amides is 1. The van der Waals surface area contributed by atoms with Gasteiger partial charge >= 0.3 is 6.18 Å². The molecular formula is C28H35F3N4O. The second-order valence-corrected chi connectivity index (χ2v) is 11.0. The summed E-state index contributed by atoms with van der Waals surface area (Å²) in [6.45, 7) is 6.26. The zero-order chi connectivity index (χ0) is 25.5. The second-order valence-electron chi connectivity index (χ2n) is 11.0. The van der Waals surface area contributed by atoms with Gasteiger partial charge in [0.15, 0.2) is 0 Å². The van der Waals surface area contributed by atoms with Gasteiger partial charge in [0.25, 0.3) is 0 Å². The Labute approximate surface area is 211 Å². The first-order valence-electron chi connectivity index (χ1n) is 13.1. The largest absolute Gasteiger partial charge is 0.416 e. The molecule has 0 spiro atoms. The van der Waals surface area contributed by atoms with Crippen LogP contribution in [0.3, 0.4) is 0 Å². The highest BCUT2D eigenvalue weighted by Crippen LogP contribution is 2.46. The van der Waals surface area contributed by atoms with Gasteiger partial charge in [0.05, 0.1) is 11.0 Å². The molecular weight excluding hydrogens is 465 g/mol. The van der Waals surface area contributed by atoms with E-state index in [-0.39, 0.29) is 17.2 Å². The number of carbonyl (C=O) groups is 1. The molecule has 194 valence electrons. The van der Waals surface area contributed by atoms with Gasteiger partial charge in [-0.3, -0.25) is 4.79 Å². The normalized spacial score (nSPS) is 25.0. The van der Waals surface area contributed by atoms with Crippen LogP contribution in [0, 0.1) is 11.3 Å². The third kappa shape index (κ3) is 4.84. The van der Waals surface area contributed by atoms with Gasteiger partial charge in [-0.05, 0) is 61.3 Å². The Morgan fingerprint density at radius 3 is 2.33 bits per heavy atom. The first kappa shape index (κ1) is 25.1. The van der Waals surface area contributed by atoms with E-state index in [0.29, 0.717) is 44.1 Å². The lowest BCUT2D eigenvalue weighted by atomic mass is 9.74. The summed E-state index contributed by atoms with van der Waals surface area (Å²) in [5.74, 6) is 0.743. The predicted molar refractivity (Wildman–Crippen MR) is 134 cm³/mol. The van der Waals surface area contributed by atoms with Gasteiger partial charge < -0.3 is 15.1 Å². The van der Waals surface area contributed by atoms with Gasteiger partial charge in [-0.1, -0.05) is 38.1 Å². The minimum Gasteiger partial charge on any atom is -0.353 e. The van der Waals surface area contributed by atoms with E-state index in [2.05, 4.69) is 48.4 Å². The van der Waals surface area contributed by atoms with Crippen LogP contribution in [0.2, 0.25) is 0 Å². The highest BCUT2D eigenvalue weighted by Gasteiger charge is 2.50. The first-order chi connectivity index (χ1) is 17.2. The van der Waals surface area contributed by atoms with Crippen molar-refractivity contribution >= 4 is 11.7 Å². The van der Waals surface area contributed by atoms with Crippen LogP contribution in [0.5, 0.6) is 0 Å². The molecule has 1 amide bonds. The summed E-state index contributed by atoms with van der Waals surface area (Å²) in [4.78, 5) is 21.8. The van der Waals surface area contributed by atoms with Crippen molar-refractivity contribution in [2.24, 2.45) is 11.3 Å². The molecule has 8 heteroatoms. The fraction of sp³-hybridized carbons (Fsp3) is 0.571. The molecule has 5 rings (SSSR count). The number of halogens is 3. The van der Waals surface area contributed by atoms with Crippen LogP contribution >= 0.6 is 0 Å². The number of hydrogen-bond donors (Lipinski definition) is 1. The van der Waals surface area contributed by atoms with E-state index in [4.69, 9.17) is 0 Å². The zero-order valence-corrected chi connectivity index (χ0v) is 21.0. The average Bonchev–Trinajstić information content (AvgIpc) is 3.48. The molecule has 1 aliphatic heterocycles. The summed E-state index contributed by atoms with van der Waals surface area (Å²) >= 11 is 0. The van der Waals surface area contributed by atoms with Crippen LogP contribution in [-0.4, -0.2) is 54.1 Å². The molecule has 1 N–H and O–H groups in total. The van der Waals surface area contributed by atoms with E-state index in [1.807, 2.05) is 9.80 Å². The maximum atomic E-state index is 13.9. The van der Waals surface area contributed by atoms with Crippen molar-refractivity contribution in [3.05, 3.63) is 59.3 Å². The molecule has 1 saturated heterocycles. The van der Waals surface area contributed by atoms with E-state index in [0.717, 1.165) is 44.2 Å². The topological polar surface area (TPSA) is 48.5 Å². The molecule has 2 heterocycles. The SMILES string of the molecule is CC(C)[C@@]1(C(=O)N2CCN(c3cc(C(F)(F)F)ccn3)CC2)CC[C@H](NC2Cc3ccccc3C2)C1. The van der Waals surface area contributed by atoms with Gasteiger partial charge in [-0.25, -0.2) is 4.98 Å². The summed E-state index contributed by atoms with van der Waals surface area (Å²) in [5.41, 5.74) is 1.76. The first-order valence-corrected chi connectivity index (χ1v) is 13.1. The number of fused-ring (bicyclic) bond motifs is 1. The Morgan fingerprint density at radius 1 is 1.06 bits per heavy atom. The minimum atomic E-state index is -4.40. The molecule has 2 fully saturated rings. The van der Waals surface area contributed by atoms with Crippen molar-refractivity contribution in [3.63, 3.8) is 0 Å². The van der Waals surface area contributed by atoms with Crippen molar-refractivity contribution < 1.29 is 18.0 Å². The number of piperazine rings is 1. The number of pyridine rings is 1. The van der Waals surface area contributed by atoms with Gasteiger partial charge in [0, 0.05) is 44.5 Å². The molecule has 0 radical (unpaired) electrons. The van der Waals surface area contributed by atoms with E-state index < -0.39 is 11.7 Å². The van der Waals surface area contributed by atoms with Gasteiger partial charge in [0.2, 0.25) is 5.91 Å². The Hall–Kier alpha value is -2.61. The van der Waals surface area contributed by atoms with Crippen molar-refractivity contribution in [1.29, 1.82) is 0 Å². The Morgan fingerprint density at radius 2 is 1.72 bits per heavy atom. The molecule has 2 aliphatic carbocycles. The number of hydrogen-bond acceptors (Lipinski definition) is 4. The third-order valence-electron chi connectivity index (χ3n) is 8.57. The van der Waals surface area contributed by atoms with Crippen LogP contribution in [0.15, 0.2) is 42.6 Å². The number of rotatable bonds is 5. The fourth-order valence-corrected chi connectivity index (χ4v) is 6.41. The highest BCUT2D eigenvalue weighted by molar-refractivity contribution is 5.84. The molecule has 2 atom stereocenters. The molecule has 36 heavy (non-hydrogen) atoms. The number of alkyl halides is 3. The van der Waals surface area contributed by atoms with Crippen molar-refractivity contribution in [2.45, 2.75) is 64.2 Å². The van der Waals surface area contributed by atoms with Crippen LogP contribution in [0.25, 0.3) is 0 Å². The van der Waals surface area contributed by atoms with Gasteiger partial charge in [0.1, 0.15) is 5.82 Å².